The highest BCUT2D eigenvalue weighted by Crippen LogP contribution is 2.56. The van der Waals surface area contributed by atoms with E-state index in [0.29, 0.717) is 20.0 Å². The van der Waals surface area contributed by atoms with Gasteiger partial charge < -0.3 is 17.0 Å². The van der Waals surface area contributed by atoms with Gasteiger partial charge in [-0.25, -0.2) is 0 Å². The first-order valence-electron chi connectivity index (χ1n) is 5.79. The van der Waals surface area contributed by atoms with Gasteiger partial charge in [-0.1, -0.05) is 18.0 Å². The van der Waals surface area contributed by atoms with Crippen molar-refractivity contribution in [3.05, 3.63) is 34.2 Å². The van der Waals surface area contributed by atoms with E-state index in [9.17, 15) is 13.2 Å². The van der Waals surface area contributed by atoms with Gasteiger partial charge in [0.15, 0.2) is 9.58 Å². The van der Waals surface area contributed by atoms with E-state index in [1.54, 1.807) is 18.2 Å². The van der Waals surface area contributed by atoms with Crippen molar-refractivity contribution in [2.75, 3.05) is 0 Å². The van der Waals surface area contributed by atoms with E-state index in [1.807, 2.05) is 0 Å². The fourth-order valence-electron chi connectivity index (χ4n) is 2.38. The van der Waals surface area contributed by atoms with Crippen molar-refractivity contribution >= 4 is 32.2 Å². The molecule has 1 aromatic heterocycles. The molecule has 19 heavy (non-hydrogen) atoms. The highest BCUT2D eigenvalue weighted by molar-refractivity contribution is 7.38. The monoisotopic (exact) mass is 370 g/mol. The summed E-state index contributed by atoms with van der Waals surface area (Å²) < 4.78 is 40.2. The number of hydrogen-bond acceptors (Lipinski definition) is 0. The molecule has 104 valence electrons. The number of fused-ring (bicyclic) bond motifs is 1. The zero-order valence-corrected chi connectivity index (χ0v) is 13.0. The van der Waals surface area contributed by atoms with Crippen molar-refractivity contribution in [1.82, 2.24) is 0 Å². The molecule has 0 amide bonds. The van der Waals surface area contributed by atoms with Crippen LogP contribution in [0.15, 0.2) is 24.3 Å². The predicted octanol–water partition coefficient (Wildman–Crippen LogP) is 2.99. The lowest BCUT2D eigenvalue weighted by Gasteiger charge is -2.21. The molecule has 2 aromatic rings. The van der Waals surface area contributed by atoms with Gasteiger partial charge in [-0.15, -0.1) is 13.2 Å². The van der Waals surface area contributed by atoms with Gasteiger partial charge in [-0.2, -0.15) is 0 Å². The lowest BCUT2D eigenvalue weighted by Crippen LogP contribution is -3.00. The van der Waals surface area contributed by atoms with Crippen LogP contribution >= 0.6 is 22.1 Å². The molecule has 1 aliphatic carbocycles. The smallest absolute Gasteiger partial charge is 0.600 e. The summed E-state index contributed by atoms with van der Waals surface area (Å²) in [6, 6.07) is 6.54. The van der Waals surface area contributed by atoms with Gasteiger partial charge in [0.05, 0.1) is 10.5 Å². The summed E-state index contributed by atoms with van der Waals surface area (Å²) >= 11 is 5.83. The number of hydrogen-bond donors (Lipinski definition) is 0. The molecule has 0 bridgehead atoms. The lowest BCUT2D eigenvalue weighted by atomic mass is 9.84. The summed E-state index contributed by atoms with van der Waals surface area (Å²) in [6.45, 7) is 0. The summed E-state index contributed by atoms with van der Waals surface area (Å²) in [5, 5.41) is 1.06. The quantitative estimate of drug-likeness (QED) is 0.676. The molecule has 1 aromatic carbocycles. The van der Waals surface area contributed by atoms with Crippen LogP contribution in [-0.2, 0) is 5.51 Å². The van der Waals surface area contributed by atoms with Gasteiger partial charge in [0.25, 0.3) is 0 Å². The average molecular weight is 372 g/mol. The molecule has 1 atom stereocenters. The lowest BCUT2D eigenvalue weighted by molar-refractivity contribution is -0.0868. The molecule has 0 aliphatic heterocycles. The first kappa shape index (κ1) is 15.1. The summed E-state index contributed by atoms with van der Waals surface area (Å²) in [5.74, 6) is 0.112. The molecule has 1 aliphatic rings. The van der Waals surface area contributed by atoms with Gasteiger partial charge in [-0.05, 0) is 25.0 Å². The van der Waals surface area contributed by atoms with E-state index in [0.717, 1.165) is 19.3 Å². The molecule has 0 radical (unpaired) electrons. The standard InChI is InChI=1S/C13H11ClF3S.BrH/c14-10-5-4-9-6-11(8-2-1-3-8)18(12(9)7-10)13(15,16)17;/h4-8H,1-3H2;1H/q+1;/p-1. The Morgan fingerprint density at radius 1 is 1.16 bits per heavy atom. The average Bonchev–Trinajstić information content (AvgIpc) is 2.51. The molecular formula is C13H11BrClF3S. The first-order chi connectivity index (χ1) is 8.47. The van der Waals surface area contributed by atoms with Crippen LogP contribution in [0.4, 0.5) is 13.2 Å². The SMILES string of the molecule is FC(F)(F)[s+]1c(C2CCC2)cc2ccc(Cl)cc21.[Br-]. The fourth-order valence-corrected chi connectivity index (χ4v) is 4.81. The van der Waals surface area contributed by atoms with Crippen molar-refractivity contribution in [2.45, 2.75) is 30.7 Å². The fraction of sp³-hybridized carbons (Fsp3) is 0.385. The zero-order valence-electron chi connectivity index (χ0n) is 9.81. The second-order valence-corrected chi connectivity index (χ2v) is 7.03. The molecule has 1 unspecified atom stereocenters. The Morgan fingerprint density at radius 2 is 1.84 bits per heavy atom. The number of rotatable bonds is 1. The number of alkyl halides is 3. The van der Waals surface area contributed by atoms with Gasteiger partial charge in [0.2, 0.25) is 0 Å². The van der Waals surface area contributed by atoms with E-state index in [-0.39, 0.29) is 22.9 Å². The van der Waals surface area contributed by atoms with E-state index >= 15 is 0 Å². The van der Waals surface area contributed by atoms with Crippen molar-refractivity contribution in [2.24, 2.45) is 0 Å². The maximum Gasteiger partial charge on any atom is 0.600 e. The van der Waals surface area contributed by atoms with E-state index in [1.165, 1.54) is 6.07 Å². The third kappa shape index (κ3) is 2.65. The Kier molecular flexibility index (Phi) is 4.19. The van der Waals surface area contributed by atoms with Crippen molar-refractivity contribution in [3.8, 4) is 0 Å². The second-order valence-electron chi connectivity index (χ2n) is 4.61. The summed E-state index contributed by atoms with van der Waals surface area (Å²) in [5.41, 5.74) is -4.20. The minimum atomic E-state index is -4.20. The number of halogens is 5. The molecular weight excluding hydrogens is 361 g/mol. The Hall–Kier alpha value is -0.260. The van der Waals surface area contributed by atoms with Gasteiger partial charge in [0, 0.05) is 28.5 Å². The third-order valence-electron chi connectivity index (χ3n) is 3.47. The molecule has 6 heteroatoms. The normalized spacial score (nSPS) is 17.2. The molecule has 1 heterocycles. The number of thiophene rings is 1. The molecule has 0 nitrogen and oxygen atoms in total. The minimum Gasteiger partial charge on any atom is -1.00 e. The van der Waals surface area contributed by atoms with Crippen LogP contribution in [0.25, 0.3) is 10.1 Å². The summed E-state index contributed by atoms with van der Waals surface area (Å²) in [6.07, 6.45) is 2.80. The van der Waals surface area contributed by atoms with Crippen LogP contribution in [0.1, 0.15) is 30.1 Å². The topological polar surface area (TPSA) is 0 Å². The largest absolute Gasteiger partial charge is 1.00 e. The maximum absolute atomic E-state index is 13.3. The minimum absolute atomic E-state index is 0. The van der Waals surface area contributed by atoms with Crippen LogP contribution in [0.2, 0.25) is 5.02 Å². The molecule has 3 rings (SSSR count). The Bertz CT molecular complexity index is 602. The summed E-state index contributed by atoms with van der Waals surface area (Å²) in [7, 11) is -1.77. The Labute approximate surface area is 127 Å². The van der Waals surface area contributed by atoms with E-state index in [2.05, 4.69) is 0 Å². The van der Waals surface area contributed by atoms with Crippen LogP contribution in [0, 0.1) is 0 Å². The molecule has 1 fully saturated rings. The molecule has 1 saturated carbocycles. The first-order valence-corrected chi connectivity index (χ1v) is 7.39. The number of benzene rings is 1. The highest BCUT2D eigenvalue weighted by atomic mass is 79.9. The molecule has 0 saturated heterocycles. The highest BCUT2D eigenvalue weighted by Gasteiger charge is 2.50. The Morgan fingerprint density at radius 3 is 2.37 bits per heavy atom. The predicted molar refractivity (Wildman–Crippen MR) is 69.3 cm³/mol. The van der Waals surface area contributed by atoms with Gasteiger partial charge in [0.1, 0.15) is 0 Å². The third-order valence-corrected chi connectivity index (χ3v) is 5.88. The van der Waals surface area contributed by atoms with Crippen molar-refractivity contribution in [3.63, 3.8) is 0 Å². The van der Waals surface area contributed by atoms with Gasteiger partial charge >= 0.3 is 5.51 Å². The van der Waals surface area contributed by atoms with Crippen LogP contribution in [0.3, 0.4) is 0 Å². The van der Waals surface area contributed by atoms with E-state index < -0.39 is 16.0 Å². The van der Waals surface area contributed by atoms with E-state index in [4.69, 9.17) is 11.6 Å². The van der Waals surface area contributed by atoms with Gasteiger partial charge in [-0.3, -0.25) is 0 Å². The molecule has 0 spiro atoms. The zero-order chi connectivity index (χ0) is 12.9. The summed E-state index contributed by atoms with van der Waals surface area (Å²) in [4.78, 5) is 0.561. The molecule has 0 N–H and O–H groups in total. The Balaban J connectivity index is 0.00000133. The second kappa shape index (κ2) is 5.26. The van der Waals surface area contributed by atoms with Crippen LogP contribution in [0.5, 0.6) is 0 Å². The van der Waals surface area contributed by atoms with Crippen LogP contribution in [-0.4, -0.2) is 0 Å². The van der Waals surface area contributed by atoms with Crippen molar-refractivity contribution < 1.29 is 30.2 Å². The van der Waals surface area contributed by atoms with Crippen molar-refractivity contribution in [1.29, 1.82) is 0 Å². The maximum atomic E-state index is 13.3. The van der Waals surface area contributed by atoms with Crippen LogP contribution < -0.4 is 17.0 Å².